The zero-order valence-electron chi connectivity index (χ0n) is 18.9. The maximum absolute atomic E-state index is 13.4. The third kappa shape index (κ3) is 3.81. The van der Waals surface area contributed by atoms with Crippen LogP contribution < -0.4 is 15.4 Å². The summed E-state index contributed by atoms with van der Waals surface area (Å²) in [6, 6.07) is 25.3. The van der Waals surface area contributed by atoms with E-state index in [4.69, 9.17) is 9.84 Å². The van der Waals surface area contributed by atoms with Crippen molar-refractivity contribution in [3.8, 4) is 11.4 Å². The van der Waals surface area contributed by atoms with Crippen molar-refractivity contribution in [3.05, 3.63) is 107 Å². The number of carbonyl (C=O) groups excluding carboxylic acids is 2. The summed E-state index contributed by atoms with van der Waals surface area (Å²) in [5.41, 5.74) is 3.86. The molecule has 1 aliphatic rings. The summed E-state index contributed by atoms with van der Waals surface area (Å²) in [6.45, 7) is 1.92. The highest BCUT2D eigenvalue weighted by atomic mass is 16.5. The molecule has 0 saturated heterocycles. The smallest absolute Gasteiger partial charge is 0.251 e. The van der Waals surface area contributed by atoms with Gasteiger partial charge >= 0.3 is 0 Å². The van der Waals surface area contributed by atoms with Crippen molar-refractivity contribution in [2.24, 2.45) is 0 Å². The normalized spacial score (nSPS) is 16.9. The summed E-state index contributed by atoms with van der Waals surface area (Å²) in [7, 11) is 1.61. The number of hydrogen-bond acceptors (Lipinski definition) is 4. The van der Waals surface area contributed by atoms with E-state index in [2.05, 4.69) is 10.6 Å². The molecule has 0 aliphatic carbocycles. The van der Waals surface area contributed by atoms with Crippen LogP contribution in [0.4, 0.5) is 5.82 Å². The lowest BCUT2D eigenvalue weighted by molar-refractivity contribution is -0.118. The molecular formula is C27H24N4O3. The third-order valence-corrected chi connectivity index (χ3v) is 6.07. The molecule has 5 rings (SSSR count). The average molecular weight is 453 g/mol. The molecule has 1 aromatic heterocycles. The molecular weight excluding hydrogens is 428 g/mol. The zero-order chi connectivity index (χ0) is 23.7. The Balaban J connectivity index is 1.62. The highest BCUT2D eigenvalue weighted by Crippen LogP contribution is 2.41. The molecule has 170 valence electrons. The fourth-order valence-corrected chi connectivity index (χ4v) is 4.43. The van der Waals surface area contributed by atoms with Gasteiger partial charge in [-0.2, -0.15) is 5.10 Å². The lowest BCUT2D eigenvalue weighted by Gasteiger charge is -2.33. The predicted octanol–water partition coefficient (Wildman–Crippen LogP) is 4.07. The number of aromatic nitrogens is 2. The van der Waals surface area contributed by atoms with Gasteiger partial charge in [0.05, 0.1) is 18.5 Å². The first-order valence-corrected chi connectivity index (χ1v) is 11.0. The van der Waals surface area contributed by atoms with Gasteiger partial charge in [-0.15, -0.1) is 0 Å². The summed E-state index contributed by atoms with van der Waals surface area (Å²) in [6.07, 6.45) is 0. The first-order valence-electron chi connectivity index (χ1n) is 11.0. The predicted molar refractivity (Wildman–Crippen MR) is 129 cm³/mol. The number of hydrogen-bond donors (Lipinski definition) is 2. The van der Waals surface area contributed by atoms with Gasteiger partial charge in [0.15, 0.2) is 0 Å². The Kier molecular flexibility index (Phi) is 5.59. The zero-order valence-corrected chi connectivity index (χ0v) is 18.9. The van der Waals surface area contributed by atoms with E-state index in [1.165, 1.54) is 0 Å². The molecule has 2 amide bonds. The van der Waals surface area contributed by atoms with Crippen LogP contribution in [0.1, 0.15) is 33.1 Å². The van der Waals surface area contributed by atoms with Crippen LogP contribution in [0.5, 0.6) is 5.75 Å². The molecule has 2 unspecified atom stereocenters. The number of rotatable bonds is 5. The summed E-state index contributed by atoms with van der Waals surface area (Å²) in [4.78, 5) is 26.5. The lowest BCUT2D eigenvalue weighted by Crippen LogP contribution is -2.50. The largest absolute Gasteiger partial charge is 0.497 e. The summed E-state index contributed by atoms with van der Waals surface area (Å²) in [5.74, 6) is 0.288. The molecule has 2 atom stereocenters. The van der Waals surface area contributed by atoms with Crippen molar-refractivity contribution in [3.63, 3.8) is 0 Å². The van der Waals surface area contributed by atoms with E-state index in [0.717, 1.165) is 22.5 Å². The minimum Gasteiger partial charge on any atom is -0.497 e. The topological polar surface area (TPSA) is 85.2 Å². The van der Waals surface area contributed by atoms with Gasteiger partial charge in [0.25, 0.3) is 5.91 Å². The monoisotopic (exact) mass is 452 g/mol. The number of fused-ring (bicyclic) bond motifs is 1. The highest BCUT2D eigenvalue weighted by Gasteiger charge is 2.41. The van der Waals surface area contributed by atoms with E-state index in [0.29, 0.717) is 17.1 Å². The molecule has 34 heavy (non-hydrogen) atoms. The fraction of sp³-hybridized carbons (Fsp3) is 0.148. The van der Waals surface area contributed by atoms with Crippen LogP contribution in [0, 0.1) is 6.92 Å². The van der Waals surface area contributed by atoms with Crippen molar-refractivity contribution in [1.82, 2.24) is 15.1 Å². The fourth-order valence-electron chi connectivity index (χ4n) is 4.43. The van der Waals surface area contributed by atoms with Crippen LogP contribution in [0.3, 0.4) is 0 Å². The van der Waals surface area contributed by atoms with Gasteiger partial charge in [0.1, 0.15) is 17.6 Å². The van der Waals surface area contributed by atoms with Crippen LogP contribution in [0.2, 0.25) is 0 Å². The maximum Gasteiger partial charge on any atom is 0.251 e. The van der Waals surface area contributed by atoms with Gasteiger partial charge in [-0.3, -0.25) is 9.59 Å². The summed E-state index contributed by atoms with van der Waals surface area (Å²) in [5, 5.41) is 10.7. The second-order valence-corrected chi connectivity index (χ2v) is 8.15. The number of benzene rings is 3. The second-order valence-electron chi connectivity index (χ2n) is 8.15. The Hall–Kier alpha value is -4.39. The highest BCUT2D eigenvalue weighted by molar-refractivity contribution is 6.04. The minimum atomic E-state index is -0.819. The van der Waals surface area contributed by atoms with E-state index in [9.17, 15) is 9.59 Å². The standard InChI is InChI=1S/C27H24N4O3/c1-17-22-23(18-13-15-21(34-2)16-14-18)24(28-26(32)19-9-5-3-6-10-19)27(33)29-25(22)31(30-17)20-11-7-4-8-12-20/h3-16,23-24H,1-2H3,(H,28,32)(H,29,33). The van der Waals surface area contributed by atoms with E-state index in [1.807, 2.05) is 67.6 Å². The Morgan fingerprint density at radius 1 is 0.971 bits per heavy atom. The number of amides is 2. The molecule has 0 bridgehead atoms. The van der Waals surface area contributed by atoms with Crippen molar-refractivity contribution in [2.45, 2.75) is 18.9 Å². The minimum absolute atomic E-state index is 0.297. The molecule has 0 saturated carbocycles. The van der Waals surface area contributed by atoms with Crippen LogP contribution in [0.25, 0.3) is 5.69 Å². The van der Waals surface area contributed by atoms with Crippen molar-refractivity contribution < 1.29 is 14.3 Å². The molecule has 0 fully saturated rings. The van der Waals surface area contributed by atoms with Crippen molar-refractivity contribution in [1.29, 1.82) is 0 Å². The van der Waals surface area contributed by atoms with Crippen molar-refractivity contribution in [2.75, 3.05) is 12.4 Å². The molecule has 7 nitrogen and oxygen atoms in total. The summed E-state index contributed by atoms with van der Waals surface area (Å²) < 4.78 is 7.06. The van der Waals surface area contributed by atoms with E-state index >= 15 is 0 Å². The Bertz CT molecular complexity index is 1330. The van der Waals surface area contributed by atoms with Crippen molar-refractivity contribution >= 4 is 17.6 Å². The van der Waals surface area contributed by atoms with E-state index in [-0.39, 0.29) is 11.8 Å². The number of para-hydroxylation sites is 1. The SMILES string of the molecule is COc1ccc(C2c3c(C)nn(-c4ccccc4)c3NC(=O)C2NC(=O)c2ccccc2)cc1. The first kappa shape index (κ1) is 21.5. The second kappa shape index (κ2) is 8.86. The molecule has 3 aromatic carbocycles. The molecule has 7 heteroatoms. The van der Waals surface area contributed by atoms with E-state index in [1.54, 1.807) is 36.1 Å². The molecule has 0 spiro atoms. The number of anilines is 1. The number of methoxy groups -OCH3 is 1. The maximum atomic E-state index is 13.4. The third-order valence-electron chi connectivity index (χ3n) is 6.07. The van der Waals surface area contributed by atoms with Crippen LogP contribution >= 0.6 is 0 Å². The van der Waals surface area contributed by atoms with Gasteiger partial charge in [0.2, 0.25) is 5.91 Å². The van der Waals surface area contributed by atoms with Crippen LogP contribution in [0.15, 0.2) is 84.9 Å². The average Bonchev–Trinajstić information content (AvgIpc) is 3.21. The molecule has 2 N–H and O–H groups in total. The number of ether oxygens (including phenoxy) is 1. The Morgan fingerprint density at radius 2 is 1.62 bits per heavy atom. The number of aryl methyl sites for hydroxylation is 1. The number of carbonyl (C=O) groups is 2. The number of nitrogens with zero attached hydrogens (tertiary/aromatic N) is 2. The quantitative estimate of drug-likeness (QED) is 0.478. The molecule has 0 radical (unpaired) electrons. The van der Waals surface area contributed by atoms with Gasteiger partial charge < -0.3 is 15.4 Å². The molecule has 1 aliphatic heterocycles. The van der Waals surface area contributed by atoms with E-state index < -0.39 is 12.0 Å². The Labute approximate surface area is 197 Å². The van der Waals surface area contributed by atoms with Gasteiger partial charge in [-0.05, 0) is 48.9 Å². The summed E-state index contributed by atoms with van der Waals surface area (Å²) >= 11 is 0. The van der Waals surface area contributed by atoms with Crippen LogP contribution in [-0.2, 0) is 4.79 Å². The Morgan fingerprint density at radius 3 is 2.26 bits per heavy atom. The van der Waals surface area contributed by atoms with Crippen LogP contribution in [-0.4, -0.2) is 34.7 Å². The van der Waals surface area contributed by atoms with Gasteiger partial charge in [0, 0.05) is 17.0 Å². The van der Waals surface area contributed by atoms with Gasteiger partial charge in [-0.1, -0.05) is 48.5 Å². The number of nitrogens with one attached hydrogen (secondary N) is 2. The van der Waals surface area contributed by atoms with Gasteiger partial charge in [-0.25, -0.2) is 4.68 Å². The lowest BCUT2D eigenvalue weighted by atomic mass is 9.81. The first-order chi connectivity index (χ1) is 16.6. The molecule has 2 heterocycles. The molecule has 4 aromatic rings.